The Morgan fingerprint density at radius 1 is 1.26 bits per heavy atom. The molecule has 1 unspecified atom stereocenters. The molecule has 0 saturated carbocycles. The molecule has 3 rings (SSSR count). The zero-order valence-electron chi connectivity index (χ0n) is 12.0. The molecule has 2 heterocycles. The number of rotatable bonds is 3. The molecule has 0 saturated heterocycles. The van der Waals surface area contributed by atoms with E-state index in [4.69, 9.17) is 4.74 Å². The van der Waals surface area contributed by atoms with Gasteiger partial charge in [-0.25, -0.2) is 0 Å². The van der Waals surface area contributed by atoms with Crippen molar-refractivity contribution in [3.05, 3.63) is 63.7 Å². The summed E-state index contributed by atoms with van der Waals surface area (Å²) in [6, 6.07) is 6.45. The van der Waals surface area contributed by atoms with Crippen LogP contribution in [0.5, 0.6) is 0 Å². The number of benzene rings is 1. The largest absolute Gasteiger partial charge is 0.462 e. The highest BCUT2D eigenvalue weighted by atomic mass is 32.1. The van der Waals surface area contributed by atoms with Crippen LogP contribution in [0, 0.1) is 0 Å². The number of ketones is 1. The Bertz CT molecular complexity index is 766. The van der Waals surface area contributed by atoms with Crippen molar-refractivity contribution in [3.63, 3.8) is 0 Å². The van der Waals surface area contributed by atoms with E-state index in [2.05, 4.69) is 5.32 Å². The molecule has 1 aliphatic heterocycles. The van der Waals surface area contributed by atoms with E-state index in [1.54, 1.807) is 18.5 Å². The molecule has 1 atom stereocenters. The second-order valence-electron chi connectivity index (χ2n) is 4.95. The molecule has 0 spiro atoms. The van der Waals surface area contributed by atoms with Crippen LogP contribution in [-0.2, 0) is 15.7 Å². The minimum Gasteiger partial charge on any atom is -0.462 e. The first-order valence-electron chi connectivity index (χ1n) is 6.74. The van der Waals surface area contributed by atoms with Crippen molar-refractivity contribution in [3.8, 4) is 0 Å². The van der Waals surface area contributed by atoms with Gasteiger partial charge in [0.05, 0.1) is 11.1 Å². The van der Waals surface area contributed by atoms with Crippen LogP contribution in [0.4, 0.5) is 13.2 Å². The average molecular weight is 339 g/mol. The SMILES string of the molecule is CNC1=C(c2cccc(C(F)(F)F)c2)C(=O)C(c2ccsc2)O1. The Morgan fingerprint density at radius 3 is 2.65 bits per heavy atom. The van der Waals surface area contributed by atoms with Gasteiger partial charge < -0.3 is 10.1 Å². The van der Waals surface area contributed by atoms with Crippen LogP contribution in [0.2, 0.25) is 0 Å². The van der Waals surface area contributed by atoms with Gasteiger partial charge in [0.15, 0.2) is 12.0 Å². The maximum atomic E-state index is 12.9. The van der Waals surface area contributed by atoms with Crippen LogP contribution in [0.3, 0.4) is 0 Å². The van der Waals surface area contributed by atoms with E-state index in [0.29, 0.717) is 5.56 Å². The van der Waals surface area contributed by atoms with Crippen molar-refractivity contribution in [1.29, 1.82) is 0 Å². The quantitative estimate of drug-likeness (QED) is 0.919. The summed E-state index contributed by atoms with van der Waals surface area (Å²) in [7, 11) is 1.56. The molecular formula is C16H12F3NO2S. The molecule has 0 radical (unpaired) electrons. The van der Waals surface area contributed by atoms with Gasteiger partial charge in [-0.2, -0.15) is 24.5 Å². The molecule has 23 heavy (non-hydrogen) atoms. The Labute approximate surface area is 134 Å². The van der Waals surface area contributed by atoms with Gasteiger partial charge in [0, 0.05) is 12.6 Å². The molecular weight excluding hydrogens is 327 g/mol. The second kappa shape index (κ2) is 5.73. The van der Waals surface area contributed by atoms with Gasteiger partial charge >= 0.3 is 6.18 Å². The number of Topliss-reactive ketones (excluding diaryl/α,β-unsaturated/α-hetero) is 1. The van der Waals surface area contributed by atoms with Gasteiger partial charge in [0.2, 0.25) is 5.78 Å². The van der Waals surface area contributed by atoms with E-state index in [-0.39, 0.29) is 22.8 Å². The summed E-state index contributed by atoms with van der Waals surface area (Å²) >= 11 is 1.42. The highest BCUT2D eigenvalue weighted by Gasteiger charge is 2.38. The Kier molecular flexibility index (Phi) is 3.89. The lowest BCUT2D eigenvalue weighted by Crippen LogP contribution is -2.09. The third-order valence-corrected chi connectivity index (χ3v) is 4.20. The number of carbonyl (C=O) groups is 1. The van der Waals surface area contributed by atoms with Crippen molar-refractivity contribution in [2.75, 3.05) is 7.05 Å². The maximum Gasteiger partial charge on any atom is 0.416 e. The minimum atomic E-state index is -4.47. The fourth-order valence-corrected chi connectivity index (χ4v) is 3.10. The van der Waals surface area contributed by atoms with Gasteiger partial charge in [-0.1, -0.05) is 12.1 Å². The first-order valence-corrected chi connectivity index (χ1v) is 7.68. The van der Waals surface area contributed by atoms with Gasteiger partial charge in [-0.15, -0.1) is 0 Å². The van der Waals surface area contributed by atoms with E-state index in [1.807, 2.05) is 5.38 Å². The van der Waals surface area contributed by atoms with Crippen LogP contribution in [0.25, 0.3) is 5.57 Å². The standard InChI is InChI=1S/C16H12F3NO2S/c1-20-15-12(9-3-2-4-11(7-9)16(17,18)19)13(21)14(22-15)10-5-6-23-8-10/h2-8,14,20H,1H3. The Morgan fingerprint density at radius 2 is 2.04 bits per heavy atom. The number of halogens is 3. The molecule has 3 nitrogen and oxygen atoms in total. The monoisotopic (exact) mass is 339 g/mol. The summed E-state index contributed by atoms with van der Waals surface area (Å²) in [6.45, 7) is 0. The zero-order chi connectivity index (χ0) is 16.6. The summed E-state index contributed by atoms with van der Waals surface area (Å²) in [5, 5.41) is 6.35. The van der Waals surface area contributed by atoms with E-state index in [0.717, 1.165) is 12.1 Å². The van der Waals surface area contributed by atoms with Crippen LogP contribution >= 0.6 is 11.3 Å². The molecule has 0 fully saturated rings. The Hall–Kier alpha value is -2.28. The van der Waals surface area contributed by atoms with Gasteiger partial charge in [0.1, 0.15) is 0 Å². The van der Waals surface area contributed by atoms with Crippen LogP contribution in [0.1, 0.15) is 22.8 Å². The van der Waals surface area contributed by atoms with Crippen molar-refractivity contribution >= 4 is 22.7 Å². The van der Waals surface area contributed by atoms with Crippen molar-refractivity contribution < 1.29 is 22.7 Å². The lowest BCUT2D eigenvalue weighted by Gasteiger charge is -2.09. The van der Waals surface area contributed by atoms with Gasteiger partial charge in [-0.3, -0.25) is 4.79 Å². The smallest absolute Gasteiger partial charge is 0.416 e. The maximum absolute atomic E-state index is 12.9. The van der Waals surface area contributed by atoms with Crippen molar-refractivity contribution in [2.24, 2.45) is 0 Å². The second-order valence-corrected chi connectivity index (χ2v) is 5.73. The average Bonchev–Trinajstić information content (AvgIpc) is 3.13. The Balaban J connectivity index is 2.02. The first kappa shape index (κ1) is 15.6. The number of nitrogens with one attached hydrogen (secondary N) is 1. The lowest BCUT2D eigenvalue weighted by atomic mass is 9.97. The third kappa shape index (κ3) is 2.84. The molecule has 2 aromatic rings. The normalized spacial score (nSPS) is 18.3. The molecule has 1 aromatic heterocycles. The summed E-state index contributed by atoms with van der Waals surface area (Å²) in [5.41, 5.74) is 0.209. The number of hydrogen-bond donors (Lipinski definition) is 1. The number of alkyl halides is 3. The highest BCUT2D eigenvalue weighted by Crippen LogP contribution is 2.39. The summed E-state index contributed by atoms with van der Waals surface area (Å²) in [5.74, 6) is -0.169. The fourth-order valence-electron chi connectivity index (χ4n) is 2.43. The molecule has 1 N–H and O–H groups in total. The van der Waals surface area contributed by atoms with E-state index in [1.165, 1.54) is 23.5 Å². The lowest BCUT2D eigenvalue weighted by molar-refractivity contribution is -0.137. The van der Waals surface area contributed by atoms with Crippen LogP contribution in [-0.4, -0.2) is 12.8 Å². The van der Waals surface area contributed by atoms with Gasteiger partial charge in [-0.05, 0) is 34.5 Å². The van der Waals surface area contributed by atoms with E-state index >= 15 is 0 Å². The van der Waals surface area contributed by atoms with Crippen molar-refractivity contribution in [2.45, 2.75) is 12.3 Å². The molecule has 1 aromatic carbocycles. The number of hydrogen-bond acceptors (Lipinski definition) is 4. The number of ether oxygens (including phenoxy) is 1. The topological polar surface area (TPSA) is 38.3 Å². The van der Waals surface area contributed by atoms with Gasteiger partial charge in [0.25, 0.3) is 0 Å². The van der Waals surface area contributed by atoms with Crippen LogP contribution in [0.15, 0.2) is 47.0 Å². The highest BCUT2D eigenvalue weighted by molar-refractivity contribution is 7.08. The third-order valence-electron chi connectivity index (χ3n) is 3.50. The zero-order valence-corrected chi connectivity index (χ0v) is 12.8. The van der Waals surface area contributed by atoms with E-state index < -0.39 is 17.8 Å². The predicted octanol–water partition coefficient (Wildman–Crippen LogP) is 4.00. The molecule has 0 aliphatic carbocycles. The molecule has 120 valence electrons. The number of carbonyl (C=O) groups excluding carboxylic acids is 1. The minimum absolute atomic E-state index is 0.134. The van der Waals surface area contributed by atoms with E-state index in [9.17, 15) is 18.0 Å². The van der Waals surface area contributed by atoms with Crippen LogP contribution < -0.4 is 5.32 Å². The summed E-state index contributed by atoms with van der Waals surface area (Å²) in [6.07, 6.45) is -5.29. The summed E-state index contributed by atoms with van der Waals surface area (Å²) in [4.78, 5) is 12.6. The fraction of sp³-hybridized carbons (Fsp3) is 0.188. The predicted molar refractivity (Wildman–Crippen MR) is 80.6 cm³/mol. The molecule has 0 bridgehead atoms. The summed E-state index contributed by atoms with van der Waals surface area (Å²) < 4.78 is 44.3. The number of thiophene rings is 1. The molecule has 0 amide bonds. The molecule has 1 aliphatic rings. The first-order chi connectivity index (χ1) is 10.9. The van der Waals surface area contributed by atoms with Crippen molar-refractivity contribution in [1.82, 2.24) is 5.32 Å². The molecule has 7 heteroatoms.